The third-order valence-electron chi connectivity index (χ3n) is 3.00. The largest absolute Gasteiger partial charge is 0.356 e. The Morgan fingerprint density at radius 1 is 1.00 bits per heavy atom. The van der Waals surface area contributed by atoms with Crippen molar-refractivity contribution in [1.29, 1.82) is 0 Å². The smallest absolute Gasteiger partial charge is 0.262 e. The average Bonchev–Trinajstić information content (AvgIpc) is 3.04. The summed E-state index contributed by atoms with van der Waals surface area (Å²) in [6, 6.07) is 13.4. The first-order valence-corrected chi connectivity index (χ1v) is 7.84. The molecule has 7 heteroatoms. The van der Waals surface area contributed by atoms with Gasteiger partial charge in [0.05, 0.1) is 16.8 Å². The fraction of sp³-hybridized carbons (Fsp3) is 0. The van der Waals surface area contributed by atoms with Crippen LogP contribution < -0.4 is 4.72 Å². The second-order valence-electron chi connectivity index (χ2n) is 4.46. The molecule has 3 aromatic rings. The Hall–Kier alpha value is -2.67. The molecule has 112 valence electrons. The number of benzene rings is 2. The quantitative estimate of drug-likeness (QED) is 0.801. The highest BCUT2D eigenvalue weighted by molar-refractivity contribution is 7.92. The van der Waals surface area contributed by atoms with Crippen LogP contribution in [-0.2, 0) is 10.0 Å². The molecule has 0 unspecified atom stereocenters. The predicted octanol–water partition coefficient (Wildman–Crippen LogP) is 3.28. The van der Waals surface area contributed by atoms with Crippen molar-refractivity contribution < 1.29 is 17.3 Å². The second-order valence-corrected chi connectivity index (χ2v) is 6.11. The zero-order chi connectivity index (χ0) is 15.6. The predicted molar refractivity (Wildman–Crippen MR) is 79.1 cm³/mol. The standard InChI is InChI=1S/C15H11FN2O3S/c16-12-6-2-3-7-13(12)18-22(19,20)15-8-4-1-5-11(15)14-9-10-17-21-14/h1-10,18H. The molecule has 2 aromatic carbocycles. The number of sulfonamides is 1. The number of nitrogens with zero attached hydrogens (tertiary/aromatic N) is 1. The van der Waals surface area contributed by atoms with E-state index in [-0.39, 0.29) is 10.6 Å². The highest BCUT2D eigenvalue weighted by atomic mass is 32.2. The monoisotopic (exact) mass is 318 g/mol. The zero-order valence-corrected chi connectivity index (χ0v) is 12.0. The molecular weight excluding hydrogens is 307 g/mol. The molecule has 0 bridgehead atoms. The van der Waals surface area contributed by atoms with E-state index in [1.165, 1.54) is 30.5 Å². The van der Waals surface area contributed by atoms with Crippen LogP contribution in [0.5, 0.6) is 0 Å². The van der Waals surface area contributed by atoms with Crippen LogP contribution in [-0.4, -0.2) is 13.6 Å². The molecule has 0 atom stereocenters. The molecule has 0 aliphatic rings. The summed E-state index contributed by atoms with van der Waals surface area (Å²) in [5, 5.41) is 3.57. The Balaban J connectivity index is 2.06. The molecule has 0 radical (unpaired) electrons. The Morgan fingerprint density at radius 3 is 2.45 bits per heavy atom. The highest BCUT2D eigenvalue weighted by Gasteiger charge is 2.21. The first kappa shape index (κ1) is 14.3. The van der Waals surface area contributed by atoms with Crippen molar-refractivity contribution in [3.8, 4) is 11.3 Å². The molecule has 0 amide bonds. The lowest BCUT2D eigenvalue weighted by atomic mass is 10.2. The first-order chi connectivity index (χ1) is 10.6. The topological polar surface area (TPSA) is 72.2 Å². The van der Waals surface area contributed by atoms with Crippen LogP contribution in [0.25, 0.3) is 11.3 Å². The van der Waals surface area contributed by atoms with E-state index in [4.69, 9.17) is 4.52 Å². The minimum absolute atomic E-state index is 0.0185. The molecule has 0 aliphatic heterocycles. The number of halogens is 1. The summed E-state index contributed by atoms with van der Waals surface area (Å²) in [7, 11) is -3.97. The lowest BCUT2D eigenvalue weighted by Gasteiger charge is -2.11. The minimum Gasteiger partial charge on any atom is -0.356 e. The van der Waals surface area contributed by atoms with E-state index in [0.717, 1.165) is 0 Å². The van der Waals surface area contributed by atoms with Crippen molar-refractivity contribution in [3.63, 3.8) is 0 Å². The van der Waals surface area contributed by atoms with E-state index in [0.29, 0.717) is 11.3 Å². The molecule has 0 fully saturated rings. The van der Waals surface area contributed by atoms with Crippen molar-refractivity contribution in [1.82, 2.24) is 5.16 Å². The molecule has 22 heavy (non-hydrogen) atoms. The van der Waals surface area contributed by atoms with Gasteiger partial charge in [-0.15, -0.1) is 0 Å². The van der Waals surface area contributed by atoms with Crippen molar-refractivity contribution in [3.05, 3.63) is 66.6 Å². The van der Waals surface area contributed by atoms with E-state index in [2.05, 4.69) is 9.88 Å². The van der Waals surface area contributed by atoms with Crippen molar-refractivity contribution in [2.45, 2.75) is 4.90 Å². The van der Waals surface area contributed by atoms with Crippen molar-refractivity contribution >= 4 is 15.7 Å². The van der Waals surface area contributed by atoms with Gasteiger partial charge in [0.1, 0.15) is 5.82 Å². The van der Waals surface area contributed by atoms with Gasteiger partial charge in [-0.25, -0.2) is 12.8 Å². The maximum atomic E-state index is 13.7. The Bertz CT molecular complexity index is 893. The van der Waals surface area contributed by atoms with Crippen LogP contribution in [0.2, 0.25) is 0 Å². The third kappa shape index (κ3) is 2.71. The molecule has 1 N–H and O–H groups in total. The van der Waals surface area contributed by atoms with E-state index >= 15 is 0 Å². The average molecular weight is 318 g/mol. The number of nitrogens with one attached hydrogen (secondary N) is 1. The summed E-state index contributed by atoms with van der Waals surface area (Å²) in [5.41, 5.74) is 0.235. The Labute approximate surface area is 126 Å². The van der Waals surface area contributed by atoms with Crippen LogP contribution in [0.3, 0.4) is 0 Å². The number of rotatable bonds is 4. The highest BCUT2D eigenvalue weighted by Crippen LogP contribution is 2.28. The molecule has 1 aromatic heterocycles. The zero-order valence-electron chi connectivity index (χ0n) is 11.2. The summed E-state index contributed by atoms with van der Waals surface area (Å²) in [5.74, 6) is -0.335. The number of anilines is 1. The van der Waals surface area contributed by atoms with Crippen LogP contribution >= 0.6 is 0 Å². The molecule has 1 heterocycles. The molecule has 5 nitrogen and oxygen atoms in total. The van der Waals surface area contributed by atoms with E-state index in [1.54, 1.807) is 30.3 Å². The fourth-order valence-electron chi connectivity index (χ4n) is 2.00. The lowest BCUT2D eigenvalue weighted by Crippen LogP contribution is -2.14. The molecule has 0 saturated heterocycles. The Morgan fingerprint density at radius 2 is 1.73 bits per heavy atom. The summed E-state index contributed by atoms with van der Waals surface area (Å²) < 4.78 is 46.0. The van der Waals surface area contributed by atoms with Gasteiger partial charge in [-0.1, -0.05) is 29.4 Å². The van der Waals surface area contributed by atoms with E-state index < -0.39 is 15.8 Å². The fourth-order valence-corrected chi connectivity index (χ4v) is 3.28. The summed E-state index contributed by atoms with van der Waals surface area (Å²) in [4.78, 5) is -0.0185. The first-order valence-electron chi connectivity index (χ1n) is 6.35. The van der Waals surface area contributed by atoms with E-state index in [9.17, 15) is 12.8 Å². The van der Waals surface area contributed by atoms with Gasteiger partial charge in [0.15, 0.2) is 5.76 Å². The Kier molecular flexibility index (Phi) is 3.64. The summed E-state index contributed by atoms with van der Waals surface area (Å²) in [6.07, 6.45) is 1.42. The van der Waals surface area contributed by atoms with Crippen LogP contribution in [0.15, 0.2) is 70.2 Å². The molecule has 0 aliphatic carbocycles. The molecule has 0 spiro atoms. The summed E-state index contributed by atoms with van der Waals surface area (Å²) >= 11 is 0. The maximum absolute atomic E-state index is 13.7. The van der Waals surface area contributed by atoms with Crippen molar-refractivity contribution in [2.24, 2.45) is 0 Å². The van der Waals surface area contributed by atoms with Gasteiger partial charge in [-0.05, 0) is 24.3 Å². The number of hydrogen-bond donors (Lipinski definition) is 1. The van der Waals surface area contributed by atoms with E-state index in [1.807, 2.05) is 0 Å². The van der Waals surface area contributed by atoms with Gasteiger partial charge in [0, 0.05) is 11.6 Å². The molecule has 3 rings (SSSR count). The van der Waals surface area contributed by atoms with Crippen LogP contribution in [0.4, 0.5) is 10.1 Å². The van der Waals surface area contributed by atoms with Gasteiger partial charge in [0.25, 0.3) is 10.0 Å². The van der Waals surface area contributed by atoms with Gasteiger partial charge in [-0.2, -0.15) is 0 Å². The SMILES string of the molecule is O=S(=O)(Nc1ccccc1F)c1ccccc1-c1ccno1. The number of para-hydroxylation sites is 1. The van der Waals surface area contributed by atoms with Crippen LogP contribution in [0, 0.1) is 5.82 Å². The van der Waals surface area contributed by atoms with Gasteiger partial charge >= 0.3 is 0 Å². The maximum Gasteiger partial charge on any atom is 0.262 e. The van der Waals surface area contributed by atoms with Gasteiger partial charge < -0.3 is 4.52 Å². The summed E-state index contributed by atoms with van der Waals surface area (Å²) in [6.45, 7) is 0. The number of aromatic nitrogens is 1. The normalized spacial score (nSPS) is 11.3. The van der Waals surface area contributed by atoms with Gasteiger partial charge in [0.2, 0.25) is 0 Å². The lowest BCUT2D eigenvalue weighted by molar-refractivity contribution is 0.431. The van der Waals surface area contributed by atoms with Crippen molar-refractivity contribution in [2.75, 3.05) is 4.72 Å². The van der Waals surface area contributed by atoms with Crippen LogP contribution in [0.1, 0.15) is 0 Å². The number of hydrogen-bond acceptors (Lipinski definition) is 4. The third-order valence-corrected chi connectivity index (χ3v) is 4.42. The molecular formula is C15H11FN2O3S. The van der Waals surface area contributed by atoms with Gasteiger partial charge in [-0.3, -0.25) is 4.72 Å². The minimum atomic E-state index is -3.97. The second kappa shape index (κ2) is 5.61. The molecule has 0 saturated carbocycles.